The molecule has 3 rings (SSSR count). The Hall–Kier alpha value is -1.83. The maximum atomic E-state index is 6.56. The van der Waals surface area contributed by atoms with Crippen LogP contribution in [-0.2, 0) is 0 Å². The summed E-state index contributed by atoms with van der Waals surface area (Å²) in [6, 6.07) is 18.6. The van der Waals surface area contributed by atoms with Crippen molar-refractivity contribution in [3.05, 3.63) is 81.9 Å². The second kappa shape index (κ2) is 5.51. The fourth-order valence-electron chi connectivity index (χ4n) is 2.83. The van der Waals surface area contributed by atoms with E-state index in [1.54, 1.807) is 0 Å². The van der Waals surface area contributed by atoms with Gasteiger partial charge in [0.25, 0.3) is 0 Å². The molecule has 0 aliphatic heterocycles. The molecule has 0 aromatic heterocycles. The normalized spacial score (nSPS) is 12.6. The molecule has 21 heavy (non-hydrogen) atoms. The summed E-state index contributed by atoms with van der Waals surface area (Å²) in [5, 5.41) is 3.22. The highest BCUT2D eigenvalue weighted by molar-refractivity contribution is 6.31. The number of halogens is 1. The number of rotatable bonds is 2. The molecule has 0 aliphatic rings. The van der Waals surface area contributed by atoms with Crippen LogP contribution in [0.1, 0.15) is 28.3 Å². The number of nitrogens with two attached hydrogens (primary N) is 1. The number of hydrogen-bond donors (Lipinski definition) is 1. The average Bonchev–Trinajstić information content (AvgIpc) is 2.49. The summed E-state index contributed by atoms with van der Waals surface area (Å²) in [7, 11) is 0. The lowest BCUT2D eigenvalue weighted by Crippen LogP contribution is -2.14. The summed E-state index contributed by atoms with van der Waals surface area (Å²) in [4.78, 5) is 0. The fraction of sp³-hybridized carbons (Fsp3) is 0.158. The van der Waals surface area contributed by atoms with Crippen molar-refractivity contribution in [2.24, 2.45) is 5.73 Å². The van der Waals surface area contributed by atoms with Crippen LogP contribution in [-0.4, -0.2) is 0 Å². The van der Waals surface area contributed by atoms with Crippen molar-refractivity contribution in [1.29, 1.82) is 0 Å². The first-order valence-corrected chi connectivity index (χ1v) is 7.45. The molecular formula is C19H18ClN. The van der Waals surface area contributed by atoms with Crippen LogP contribution in [0.25, 0.3) is 10.8 Å². The number of fused-ring (bicyclic) bond motifs is 1. The van der Waals surface area contributed by atoms with Gasteiger partial charge in [-0.25, -0.2) is 0 Å². The van der Waals surface area contributed by atoms with Gasteiger partial charge in [0.2, 0.25) is 0 Å². The minimum absolute atomic E-state index is 0.146. The highest BCUT2D eigenvalue weighted by atomic mass is 35.5. The van der Waals surface area contributed by atoms with Crippen molar-refractivity contribution < 1.29 is 0 Å². The molecule has 0 saturated carbocycles. The van der Waals surface area contributed by atoms with Gasteiger partial charge >= 0.3 is 0 Å². The summed E-state index contributed by atoms with van der Waals surface area (Å²) >= 11 is 6.19. The molecule has 2 heteroatoms. The number of hydrogen-bond acceptors (Lipinski definition) is 1. The van der Waals surface area contributed by atoms with E-state index in [4.69, 9.17) is 17.3 Å². The Morgan fingerprint density at radius 1 is 0.857 bits per heavy atom. The summed E-state index contributed by atoms with van der Waals surface area (Å²) in [6.45, 7) is 4.08. The fourth-order valence-corrected chi connectivity index (χ4v) is 3.05. The Balaban J connectivity index is 2.17. The molecule has 0 radical (unpaired) electrons. The molecule has 1 unspecified atom stereocenters. The predicted molar refractivity (Wildman–Crippen MR) is 90.9 cm³/mol. The minimum atomic E-state index is -0.146. The molecule has 2 N–H and O–H groups in total. The molecule has 0 spiro atoms. The maximum absolute atomic E-state index is 6.56. The van der Waals surface area contributed by atoms with Gasteiger partial charge in [-0.2, -0.15) is 0 Å². The molecule has 0 amide bonds. The largest absolute Gasteiger partial charge is 0.320 e. The van der Waals surface area contributed by atoms with Gasteiger partial charge in [-0.1, -0.05) is 60.1 Å². The van der Waals surface area contributed by atoms with Crippen LogP contribution in [0.3, 0.4) is 0 Å². The van der Waals surface area contributed by atoms with Crippen molar-refractivity contribution in [3.63, 3.8) is 0 Å². The maximum Gasteiger partial charge on any atom is 0.0560 e. The van der Waals surface area contributed by atoms with Gasteiger partial charge < -0.3 is 5.73 Å². The van der Waals surface area contributed by atoms with E-state index >= 15 is 0 Å². The molecule has 3 aromatic carbocycles. The summed E-state index contributed by atoms with van der Waals surface area (Å²) in [5.74, 6) is 0. The van der Waals surface area contributed by atoms with E-state index in [1.165, 1.54) is 10.8 Å². The second-order valence-electron chi connectivity index (χ2n) is 5.50. The third-order valence-electron chi connectivity index (χ3n) is 4.04. The van der Waals surface area contributed by atoms with E-state index < -0.39 is 0 Å². The van der Waals surface area contributed by atoms with Crippen LogP contribution < -0.4 is 5.73 Å². The molecule has 0 fully saturated rings. The molecule has 0 saturated heterocycles. The Kier molecular flexibility index (Phi) is 3.71. The average molecular weight is 296 g/mol. The third-order valence-corrected chi connectivity index (χ3v) is 4.45. The summed E-state index contributed by atoms with van der Waals surface area (Å²) in [6.07, 6.45) is 0. The Labute approximate surface area is 130 Å². The Bertz CT molecular complexity index is 803. The van der Waals surface area contributed by atoms with Crippen LogP contribution in [0.4, 0.5) is 0 Å². The SMILES string of the molecule is Cc1cc(C(N)c2cccc3ccccc23)c(C)cc1Cl. The minimum Gasteiger partial charge on any atom is -0.320 e. The zero-order valence-corrected chi connectivity index (χ0v) is 13.0. The predicted octanol–water partition coefficient (Wildman–Crippen LogP) is 5.16. The van der Waals surface area contributed by atoms with Crippen molar-refractivity contribution in [3.8, 4) is 0 Å². The molecule has 1 nitrogen and oxygen atoms in total. The van der Waals surface area contributed by atoms with Crippen molar-refractivity contribution in [2.75, 3.05) is 0 Å². The quantitative estimate of drug-likeness (QED) is 0.694. The van der Waals surface area contributed by atoms with Gasteiger partial charge in [0.05, 0.1) is 6.04 Å². The zero-order valence-electron chi connectivity index (χ0n) is 12.2. The van der Waals surface area contributed by atoms with E-state index in [1.807, 2.05) is 13.0 Å². The third kappa shape index (κ3) is 2.55. The number of aryl methyl sites for hydroxylation is 2. The van der Waals surface area contributed by atoms with Crippen molar-refractivity contribution >= 4 is 22.4 Å². The standard InChI is InChI=1S/C19H18ClN/c1-12-11-18(20)13(2)10-17(12)19(21)16-9-5-7-14-6-3-4-8-15(14)16/h3-11,19H,21H2,1-2H3. The smallest absolute Gasteiger partial charge is 0.0560 e. The topological polar surface area (TPSA) is 26.0 Å². The molecule has 0 aliphatic carbocycles. The van der Waals surface area contributed by atoms with Gasteiger partial charge in [-0.05, 0) is 52.9 Å². The van der Waals surface area contributed by atoms with Crippen LogP contribution in [0.2, 0.25) is 5.02 Å². The van der Waals surface area contributed by atoms with Gasteiger partial charge in [-0.3, -0.25) is 0 Å². The van der Waals surface area contributed by atoms with Gasteiger partial charge in [-0.15, -0.1) is 0 Å². The van der Waals surface area contributed by atoms with Crippen molar-refractivity contribution in [2.45, 2.75) is 19.9 Å². The van der Waals surface area contributed by atoms with Gasteiger partial charge in [0.1, 0.15) is 0 Å². The van der Waals surface area contributed by atoms with E-state index in [9.17, 15) is 0 Å². The summed E-state index contributed by atoms with van der Waals surface area (Å²) < 4.78 is 0. The Morgan fingerprint density at radius 3 is 2.38 bits per heavy atom. The van der Waals surface area contributed by atoms with E-state index in [2.05, 4.69) is 55.5 Å². The van der Waals surface area contributed by atoms with Crippen molar-refractivity contribution in [1.82, 2.24) is 0 Å². The monoisotopic (exact) mass is 295 g/mol. The first kappa shape index (κ1) is 14.1. The van der Waals surface area contributed by atoms with Crippen LogP contribution in [0.5, 0.6) is 0 Å². The lowest BCUT2D eigenvalue weighted by Gasteiger charge is -2.18. The molecule has 0 heterocycles. The number of benzene rings is 3. The lowest BCUT2D eigenvalue weighted by molar-refractivity contribution is 0.868. The second-order valence-corrected chi connectivity index (χ2v) is 5.91. The highest BCUT2D eigenvalue weighted by Gasteiger charge is 2.15. The van der Waals surface area contributed by atoms with Gasteiger partial charge in [0.15, 0.2) is 0 Å². The zero-order chi connectivity index (χ0) is 15.0. The molecule has 106 valence electrons. The van der Waals surface area contributed by atoms with Gasteiger partial charge in [0, 0.05) is 5.02 Å². The molecule has 1 atom stereocenters. The van der Waals surface area contributed by atoms with Crippen LogP contribution >= 0.6 is 11.6 Å². The highest BCUT2D eigenvalue weighted by Crippen LogP contribution is 2.31. The van der Waals surface area contributed by atoms with E-state index in [0.29, 0.717) is 0 Å². The molecular weight excluding hydrogens is 278 g/mol. The van der Waals surface area contributed by atoms with Crippen LogP contribution in [0, 0.1) is 13.8 Å². The van der Waals surface area contributed by atoms with E-state index in [0.717, 1.165) is 27.3 Å². The Morgan fingerprint density at radius 2 is 1.57 bits per heavy atom. The first-order chi connectivity index (χ1) is 10.1. The molecule has 0 bridgehead atoms. The van der Waals surface area contributed by atoms with Crippen LogP contribution in [0.15, 0.2) is 54.6 Å². The van der Waals surface area contributed by atoms with E-state index in [-0.39, 0.29) is 6.04 Å². The molecule has 3 aromatic rings. The summed E-state index contributed by atoms with van der Waals surface area (Å²) in [5.41, 5.74) is 11.0. The lowest BCUT2D eigenvalue weighted by atomic mass is 9.91. The first-order valence-electron chi connectivity index (χ1n) is 7.08.